The molecule has 0 spiro atoms. The van der Waals surface area contributed by atoms with Crippen LogP contribution in [0.1, 0.15) is 44.9 Å². The molecule has 1 aromatic carbocycles. The topological polar surface area (TPSA) is 104 Å². The summed E-state index contributed by atoms with van der Waals surface area (Å²) < 4.78 is 12.0. The molecule has 2 atom stereocenters. The highest BCUT2D eigenvalue weighted by molar-refractivity contribution is 5.92. The highest BCUT2D eigenvalue weighted by Gasteiger charge is 2.19. The fourth-order valence-corrected chi connectivity index (χ4v) is 3.76. The van der Waals surface area contributed by atoms with Crippen LogP contribution < -0.4 is 5.90 Å². The van der Waals surface area contributed by atoms with E-state index < -0.39 is 5.60 Å². The van der Waals surface area contributed by atoms with E-state index >= 15 is 0 Å². The summed E-state index contributed by atoms with van der Waals surface area (Å²) in [7, 11) is 0. The number of aromatic nitrogens is 2. The average molecular weight is 462 g/mol. The molecular weight excluding hydrogens is 430 g/mol. The van der Waals surface area contributed by atoms with Gasteiger partial charge in [0.15, 0.2) is 5.58 Å². The molecule has 3 aromatic heterocycles. The smallest absolute Gasteiger partial charge is 0.161 e. The van der Waals surface area contributed by atoms with Crippen LogP contribution in [0.15, 0.2) is 65.3 Å². The lowest BCUT2D eigenvalue weighted by atomic mass is 9.99. The van der Waals surface area contributed by atoms with E-state index in [2.05, 4.69) is 29.0 Å². The maximum absolute atomic E-state index is 10.4. The van der Waals surface area contributed by atoms with Crippen LogP contribution in [0.5, 0.6) is 0 Å². The summed E-state index contributed by atoms with van der Waals surface area (Å²) >= 11 is 0. The molecule has 0 aliphatic heterocycles. The summed E-state index contributed by atoms with van der Waals surface area (Å²) in [5, 5.41) is 10.4. The van der Waals surface area contributed by atoms with Gasteiger partial charge in [0.25, 0.3) is 0 Å². The van der Waals surface area contributed by atoms with Crippen molar-refractivity contribution >= 4 is 11.1 Å². The minimum Gasteiger partial charge on any atom is -0.454 e. The standard InChI is InChI=1S/C27H31N3O4/c1-17(15-32-16-18(2)34-28)19-5-7-20(8-6-19)24-14-23-26(33-24)22(10-12-29-23)21-9-11-30-25(13-21)27(3,4)31/h5-14,17-18,31H,15-16,28H2,1-4H3. The fourth-order valence-electron chi connectivity index (χ4n) is 3.76. The van der Waals surface area contributed by atoms with Crippen molar-refractivity contribution in [3.8, 4) is 22.5 Å². The van der Waals surface area contributed by atoms with Gasteiger partial charge in [-0.2, -0.15) is 0 Å². The highest BCUT2D eigenvalue weighted by Crippen LogP contribution is 2.35. The summed E-state index contributed by atoms with van der Waals surface area (Å²) in [6.45, 7) is 8.48. The number of aliphatic hydroxyl groups is 1. The third kappa shape index (κ3) is 5.34. The zero-order valence-electron chi connectivity index (χ0n) is 20.0. The number of fused-ring (bicyclic) bond motifs is 1. The van der Waals surface area contributed by atoms with Crippen molar-refractivity contribution in [1.29, 1.82) is 0 Å². The second-order valence-corrected chi connectivity index (χ2v) is 9.18. The molecule has 3 heterocycles. The molecule has 4 aromatic rings. The lowest BCUT2D eigenvalue weighted by Crippen LogP contribution is -2.20. The molecule has 4 rings (SSSR count). The van der Waals surface area contributed by atoms with Crippen molar-refractivity contribution in [2.75, 3.05) is 13.2 Å². The maximum Gasteiger partial charge on any atom is 0.161 e. The first kappa shape index (κ1) is 24.0. The van der Waals surface area contributed by atoms with Gasteiger partial charge in [-0.1, -0.05) is 31.2 Å². The van der Waals surface area contributed by atoms with E-state index in [0.717, 1.165) is 28.0 Å². The number of nitrogens with two attached hydrogens (primary N) is 1. The van der Waals surface area contributed by atoms with Crippen LogP contribution in [0.25, 0.3) is 33.6 Å². The summed E-state index contributed by atoms with van der Waals surface area (Å²) in [6.07, 6.45) is 3.34. The van der Waals surface area contributed by atoms with Crippen molar-refractivity contribution in [3.05, 3.63) is 72.2 Å². The molecule has 7 nitrogen and oxygen atoms in total. The first-order chi connectivity index (χ1) is 16.3. The van der Waals surface area contributed by atoms with Crippen LogP contribution in [-0.4, -0.2) is 34.4 Å². The quantitative estimate of drug-likeness (QED) is 0.331. The second kappa shape index (κ2) is 10.0. The number of benzene rings is 1. The Bertz CT molecular complexity index is 1240. The van der Waals surface area contributed by atoms with E-state index in [0.29, 0.717) is 24.5 Å². The molecule has 7 heteroatoms. The molecule has 0 radical (unpaired) electrons. The van der Waals surface area contributed by atoms with Crippen LogP contribution in [0.3, 0.4) is 0 Å². The van der Waals surface area contributed by atoms with E-state index in [1.54, 1.807) is 26.2 Å². The lowest BCUT2D eigenvalue weighted by molar-refractivity contribution is -0.0102. The number of hydrogen-bond donors (Lipinski definition) is 2. The average Bonchev–Trinajstić information content (AvgIpc) is 3.28. The van der Waals surface area contributed by atoms with Crippen LogP contribution in [0.2, 0.25) is 0 Å². The van der Waals surface area contributed by atoms with Crippen molar-refractivity contribution in [2.24, 2.45) is 5.90 Å². The predicted molar refractivity (Wildman–Crippen MR) is 132 cm³/mol. The molecule has 0 aliphatic rings. The molecule has 0 fully saturated rings. The number of nitrogens with zero attached hydrogens (tertiary/aromatic N) is 2. The Balaban J connectivity index is 1.57. The Morgan fingerprint density at radius 3 is 2.41 bits per heavy atom. The van der Waals surface area contributed by atoms with Crippen molar-refractivity contribution in [3.63, 3.8) is 0 Å². The Hall–Kier alpha value is -3.10. The molecule has 0 aliphatic carbocycles. The van der Waals surface area contributed by atoms with Gasteiger partial charge in [-0.15, -0.1) is 0 Å². The Labute approximate surface area is 199 Å². The minimum absolute atomic E-state index is 0.130. The second-order valence-electron chi connectivity index (χ2n) is 9.18. The molecule has 3 N–H and O–H groups in total. The van der Waals surface area contributed by atoms with E-state index in [1.165, 1.54) is 5.56 Å². The monoisotopic (exact) mass is 461 g/mol. The number of rotatable bonds is 9. The summed E-state index contributed by atoms with van der Waals surface area (Å²) in [5.41, 5.74) is 5.01. The minimum atomic E-state index is -1.03. The Morgan fingerprint density at radius 1 is 0.971 bits per heavy atom. The highest BCUT2D eigenvalue weighted by atomic mass is 16.6. The fraction of sp³-hybridized carbons (Fsp3) is 0.333. The van der Waals surface area contributed by atoms with Gasteiger partial charge in [-0.3, -0.25) is 14.8 Å². The Morgan fingerprint density at radius 2 is 1.71 bits per heavy atom. The largest absolute Gasteiger partial charge is 0.454 e. The van der Waals surface area contributed by atoms with Crippen LogP contribution >= 0.6 is 0 Å². The zero-order chi connectivity index (χ0) is 24.3. The Kier molecular flexibility index (Phi) is 7.09. The van der Waals surface area contributed by atoms with Gasteiger partial charge in [-0.05, 0) is 50.1 Å². The number of furan rings is 1. The molecule has 0 saturated heterocycles. The first-order valence-electron chi connectivity index (χ1n) is 11.4. The number of ether oxygens (including phenoxy) is 1. The van der Waals surface area contributed by atoms with E-state index in [9.17, 15) is 5.11 Å². The summed E-state index contributed by atoms with van der Waals surface area (Å²) in [4.78, 5) is 13.5. The molecule has 0 amide bonds. The van der Waals surface area contributed by atoms with Crippen molar-refractivity contribution in [2.45, 2.75) is 45.3 Å². The lowest BCUT2D eigenvalue weighted by Gasteiger charge is -2.17. The van der Waals surface area contributed by atoms with Crippen molar-refractivity contribution in [1.82, 2.24) is 9.97 Å². The van der Waals surface area contributed by atoms with Gasteiger partial charge < -0.3 is 14.3 Å². The van der Waals surface area contributed by atoms with Crippen LogP contribution in [0.4, 0.5) is 0 Å². The number of pyridine rings is 2. The molecule has 178 valence electrons. The van der Waals surface area contributed by atoms with E-state index in [1.807, 2.05) is 43.3 Å². The molecule has 34 heavy (non-hydrogen) atoms. The first-order valence-corrected chi connectivity index (χ1v) is 11.4. The summed E-state index contributed by atoms with van der Waals surface area (Å²) in [5.74, 6) is 6.14. The molecule has 0 bridgehead atoms. The van der Waals surface area contributed by atoms with Gasteiger partial charge in [0.1, 0.15) is 16.9 Å². The third-order valence-corrected chi connectivity index (χ3v) is 5.83. The van der Waals surface area contributed by atoms with Gasteiger partial charge >= 0.3 is 0 Å². The van der Waals surface area contributed by atoms with Crippen LogP contribution in [-0.2, 0) is 15.2 Å². The molecular formula is C27H31N3O4. The maximum atomic E-state index is 10.4. The van der Waals surface area contributed by atoms with Crippen molar-refractivity contribution < 1.29 is 19.1 Å². The third-order valence-electron chi connectivity index (χ3n) is 5.83. The normalized spacial score (nSPS) is 13.8. The summed E-state index contributed by atoms with van der Waals surface area (Å²) in [6, 6.07) is 15.9. The van der Waals surface area contributed by atoms with Gasteiger partial charge in [-0.25, -0.2) is 5.90 Å². The van der Waals surface area contributed by atoms with Gasteiger partial charge in [0.05, 0.1) is 25.0 Å². The van der Waals surface area contributed by atoms with Gasteiger partial charge in [0, 0.05) is 35.5 Å². The SMILES string of the molecule is CC(COCC(C)c1ccc(-c2cc3nccc(-c4ccnc(C(C)(C)O)c4)c3o2)cc1)ON. The molecule has 0 saturated carbocycles. The molecule has 2 unspecified atom stereocenters. The van der Waals surface area contributed by atoms with E-state index in [-0.39, 0.29) is 12.0 Å². The van der Waals surface area contributed by atoms with Crippen LogP contribution in [0, 0.1) is 0 Å². The number of hydrogen-bond acceptors (Lipinski definition) is 7. The predicted octanol–water partition coefficient (Wildman–Crippen LogP) is 5.18. The zero-order valence-corrected chi connectivity index (χ0v) is 20.0. The van der Waals surface area contributed by atoms with Gasteiger partial charge in [0.2, 0.25) is 0 Å². The van der Waals surface area contributed by atoms with E-state index in [4.69, 9.17) is 19.9 Å².